The number of para-hydroxylation sites is 1. The molecule has 7 nitrogen and oxygen atoms in total. The van der Waals surface area contributed by atoms with E-state index in [2.05, 4.69) is 25.6 Å². The minimum atomic E-state index is -3.94. The summed E-state index contributed by atoms with van der Waals surface area (Å²) in [4.78, 5) is 12.7. The van der Waals surface area contributed by atoms with Gasteiger partial charge in [0.25, 0.3) is 5.91 Å². The number of carbonyl (C=O) groups is 1. The number of hydrogen-bond acceptors (Lipinski definition) is 4. The Morgan fingerprint density at radius 3 is 2.54 bits per heavy atom. The number of anilines is 1. The van der Waals surface area contributed by atoms with E-state index in [-0.39, 0.29) is 17.8 Å². The Hall–Kier alpha value is -2.65. The lowest BCUT2D eigenvalue weighted by atomic mass is 10.1. The highest BCUT2D eigenvalue weighted by Crippen LogP contribution is 2.25. The maximum atomic E-state index is 12.7. The van der Waals surface area contributed by atoms with Crippen LogP contribution in [-0.2, 0) is 21.5 Å². The van der Waals surface area contributed by atoms with Crippen molar-refractivity contribution in [1.82, 2.24) is 4.31 Å². The van der Waals surface area contributed by atoms with E-state index in [1.165, 1.54) is 20.2 Å². The number of rotatable bonds is 5. The van der Waals surface area contributed by atoms with Gasteiger partial charge in [-0.3, -0.25) is 9.10 Å². The van der Waals surface area contributed by atoms with E-state index in [4.69, 9.17) is 4.74 Å². The number of halogens is 1. The third-order valence-corrected chi connectivity index (χ3v) is 5.94. The minimum absolute atomic E-state index is 0.00180. The summed E-state index contributed by atoms with van der Waals surface area (Å²) in [6.07, 6.45) is 1.30. The van der Waals surface area contributed by atoms with Crippen LogP contribution in [0.5, 0.6) is 5.75 Å². The molecule has 2 aromatic rings. The summed E-state index contributed by atoms with van der Waals surface area (Å²) >= 11 is 3.33. The Bertz CT molecular complexity index is 1060. The lowest BCUT2D eigenvalue weighted by molar-refractivity contribution is -0.112. The average molecular weight is 464 g/mol. The number of benzene rings is 2. The monoisotopic (exact) mass is 463 g/mol. The van der Waals surface area contributed by atoms with Gasteiger partial charge in [-0.1, -0.05) is 34.1 Å². The highest BCUT2D eigenvalue weighted by atomic mass is 79.9. The van der Waals surface area contributed by atoms with Gasteiger partial charge in [-0.05, 0) is 37.3 Å². The zero-order chi connectivity index (χ0) is 20.3. The van der Waals surface area contributed by atoms with Gasteiger partial charge in [-0.2, -0.15) is 8.42 Å². The summed E-state index contributed by atoms with van der Waals surface area (Å²) in [7, 11) is -2.42. The first-order valence-electron chi connectivity index (χ1n) is 8.29. The molecule has 1 aliphatic heterocycles. The van der Waals surface area contributed by atoms with Crippen LogP contribution >= 0.6 is 15.9 Å². The fourth-order valence-electron chi connectivity index (χ4n) is 2.66. The van der Waals surface area contributed by atoms with Gasteiger partial charge >= 0.3 is 10.2 Å². The van der Waals surface area contributed by atoms with E-state index >= 15 is 0 Å². The van der Waals surface area contributed by atoms with Gasteiger partial charge in [0.05, 0.1) is 24.9 Å². The standard InChI is InChI=1S/C19H18BrN3O4S/c1-13-17(19(24)21-16-9-7-15(20)8-10-16)12-23(28(25,26)22-13)11-14-5-3-4-6-18(14)27-2/h3-10,12H,11H2,1-2H3,(H,21,24). The lowest BCUT2D eigenvalue weighted by Gasteiger charge is -2.24. The number of methoxy groups -OCH3 is 1. The van der Waals surface area contributed by atoms with Crippen molar-refractivity contribution in [2.45, 2.75) is 13.5 Å². The topological polar surface area (TPSA) is 88.1 Å². The molecule has 1 amide bonds. The average Bonchev–Trinajstić information content (AvgIpc) is 2.65. The Morgan fingerprint density at radius 1 is 1.18 bits per heavy atom. The summed E-state index contributed by atoms with van der Waals surface area (Å²) in [6.45, 7) is 1.49. The van der Waals surface area contributed by atoms with Crippen LogP contribution in [0.4, 0.5) is 5.69 Å². The summed E-state index contributed by atoms with van der Waals surface area (Å²) in [5, 5.41) is 2.75. The zero-order valence-corrected chi connectivity index (χ0v) is 17.6. The van der Waals surface area contributed by atoms with Crippen molar-refractivity contribution in [3.63, 3.8) is 0 Å². The largest absolute Gasteiger partial charge is 0.496 e. The molecule has 0 unspecified atom stereocenters. The van der Waals surface area contributed by atoms with Gasteiger partial charge in [0, 0.05) is 21.9 Å². The molecule has 0 aliphatic carbocycles. The van der Waals surface area contributed by atoms with Crippen LogP contribution in [0, 0.1) is 0 Å². The first-order chi connectivity index (χ1) is 13.3. The molecule has 0 saturated carbocycles. The van der Waals surface area contributed by atoms with Gasteiger partial charge in [-0.15, -0.1) is 4.40 Å². The molecule has 0 aromatic heterocycles. The second-order valence-electron chi connectivity index (χ2n) is 6.02. The molecule has 146 valence electrons. The molecule has 0 bridgehead atoms. The fourth-order valence-corrected chi connectivity index (χ4v) is 4.02. The lowest BCUT2D eigenvalue weighted by Crippen LogP contribution is -2.32. The van der Waals surface area contributed by atoms with E-state index in [1.807, 2.05) is 0 Å². The first-order valence-corrected chi connectivity index (χ1v) is 10.5. The summed E-state index contributed by atoms with van der Waals surface area (Å²) in [6, 6.07) is 14.1. The quantitative estimate of drug-likeness (QED) is 0.734. The Morgan fingerprint density at radius 2 is 1.86 bits per heavy atom. The highest BCUT2D eigenvalue weighted by Gasteiger charge is 2.28. The van der Waals surface area contributed by atoms with Crippen molar-refractivity contribution in [2.75, 3.05) is 12.4 Å². The van der Waals surface area contributed by atoms with Crippen molar-refractivity contribution < 1.29 is 17.9 Å². The molecule has 0 spiro atoms. The van der Waals surface area contributed by atoms with Crippen molar-refractivity contribution in [3.05, 3.63) is 70.3 Å². The van der Waals surface area contributed by atoms with E-state index < -0.39 is 16.1 Å². The Balaban J connectivity index is 1.89. The normalized spacial score (nSPS) is 15.5. The molecule has 1 heterocycles. The molecule has 0 fully saturated rings. The summed E-state index contributed by atoms with van der Waals surface area (Å²) in [5.41, 5.74) is 1.55. The second-order valence-corrected chi connectivity index (χ2v) is 8.48. The molecule has 3 rings (SSSR count). The maximum absolute atomic E-state index is 12.7. The van der Waals surface area contributed by atoms with E-state index in [9.17, 15) is 13.2 Å². The summed E-state index contributed by atoms with van der Waals surface area (Å²) in [5.74, 6) is 0.113. The predicted molar refractivity (Wildman–Crippen MR) is 111 cm³/mol. The number of amides is 1. The molecule has 0 radical (unpaired) electrons. The molecule has 2 aromatic carbocycles. The second kappa shape index (κ2) is 8.15. The van der Waals surface area contributed by atoms with E-state index in [0.29, 0.717) is 17.0 Å². The van der Waals surface area contributed by atoms with Crippen molar-refractivity contribution >= 4 is 43.4 Å². The number of nitrogens with one attached hydrogen (secondary N) is 1. The molecule has 9 heteroatoms. The molecule has 0 saturated heterocycles. The van der Waals surface area contributed by atoms with Crippen LogP contribution in [0.3, 0.4) is 0 Å². The first kappa shape index (κ1) is 20.1. The molecule has 1 N–H and O–H groups in total. The van der Waals surface area contributed by atoms with Gasteiger partial charge in [0.1, 0.15) is 5.75 Å². The fraction of sp³-hybridized carbons (Fsp3) is 0.158. The van der Waals surface area contributed by atoms with Crippen LogP contribution < -0.4 is 10.1 Å². The van der Waals surface area contributed by atoms with Crippen LogP contribution in [0.2, 0.25) is 0 Å². The van der Waals surface area contributed by atoms with Crippen LogP contribution in [-0.4, -0.2) is 31.5 Å². The maximum Gasteiger partial charge on any atom is 0.344 e. The molecule has 1 aliphatic rings. The van der Waals surface area contributed by atoms with Gasteiger partial charge in [-0.25, -0.2) is 0 Å². The molecular formula is C19H18BrN3O4S. The zero-order valence-electron chi connectivity index (χ0n) is 15.2. The highest BCUT2D eigenvalue weighted by molar-refractivity contribution is 9.10. The van der Waals surface area contributed by atoms with Gasteiger partial charge in [0.2, 0.25) is 0 Å². The predicted octanol–water partition coefficient (Wildman–Crippen LogP) is 3.50. The summed E-state index contributed by atoms with van der Waals surface area (Å²) < 4.78 is 35.9. The number of hydrogen-bond donors (Lipinski definition) is 1. The molecule has 28 heavy (non-hydrogen) atoms. The third-order valence-electron chi connectivity index (χ3n) is 4.08. The van der Waals surface area contributed by atoms with Crippen molar-refractivity contribution in [3.8, 4) is 5.75 Å². The Labute approximate surface area is 172 Å². The number of ether oxygens (including phenoxy) is 1. The SMILES string of the molecule is COc1ccccc1CN1C=C(C(=O)Nc2ccc(Br)cc2)C(C)=NS1(=O)=O. The smallest absolute Gasteiger partial charge is 0.344 e. The Kier molecular flexibility index (Phi) is 5.85. The van der Waals surface area contributed by atoms with Crippen molar-refractivity contribution in [1.29, 1.82) is 0 Å². The van der Waals surface area contributed by atoms with E-state index in [0.717, 1.165) is 8.78 Å². The van der Waals surface area contributed by atoms with E-state index in [1.54, 1.807) is 48.5 Å². The number of carbonyl (C=O) groups excluding carboxylic acids is 1. The minimum Gasteiger partial charge on any atom is -0.496 e. The van der Waals surface area contributed by atoms with Gasteiger partial charge < -0.3 is 10.1 Å². The third kappa shape index (κ3) is 4.42. The van der Waals surface area contributed by atoms with Crippen LogP contribution in [0.15, 0.2) is 69.2 Å². The van der Waals surface area contributed by atoms with Crippen molar-refractivity contribution in [2.24, 2.45) is 4.40 Å². The molecular weight excluding hydrogens is 446 g/mol. The molecule has 0 atom stereocenters. The van der Waals surface area contributed by atoms with Crippen LogP contribution in [0.1, 0.15) is 12.5 Å². The van der Waals surface area contributed by atoms with Crippen LogP contribution in [0.25, 0.3) is 0 Å². The number of nitrogens with zero attached hydrogens (tertiary/aromatic N) is 2. The van der Waals surface area contributed by atoms with Gasteiger partial charge in [0.15, 0.2) is 0 Å².